The summed E-state index contributed by atoms with van der Waals surface area (Å²) < 4.78 is 0. The Morgan fingerprint density at radius 1 is 1.64 bits per heavy atom. The quantitative estimate of drug-likeness (QED) is 0.553. The van der Waals surface area contributed by atoms with Crippen molar-refractivity contribution in [2.24, 2.45) is 5.92 Å². The second-order valence-corrected chi connectivity index (χ2v) is 2.77. The van der Waals surface area contributed by atoms with Crippen molar-refractivity contribution in [1.29, 1.82) is 0 Å². The molecule has 2 N–H and O–H groups in total. The summed E-state index contributed by atoms with van der Waals surface area (Å²) in [7, 11) is 0. The summed E-state index contributed by atoms with van der Waals surface area (Å²) in [5, 5.41) is 0. The molecule has 1 atom stereocenters. The first-order valence-electron chi connectivity index (χ1n) is 3.69. The van der Waals surface area contributed by atoms with E-state index in [1.807, 2.05) is 18.4 Å². The third-order valence-corrected chi connectivity index (χ3v) is 2.09. The van der Waals surface area contributed by atoms with Crippen LogP contribution in [0.3, 0.4) is 0 Å². The Labute approximate surface area is 65.1 Å². The molecule has 0 aromatic carbocycles. The van der Waals surface area contributed by atoms with Gasteiger partial charge < -0.3 is 5.43 Å². The number of hydrogen-bond acceptors (Lipinski definition) is 3. The molecule has 11 heavy (non-hydrogen) atoms. The maximum atomic E-state index is 10.4. The van der Waals surface area contributed by atoms with Gasteiger partial charge in [0, 0.05) is 23.7 Å². The molecular formula is C8H9N2O. The van der Waals surface area contributed by atoms with E-state index in [-0.39, 0.29) is 0 Å². The van der Waals surface area contributed by atoms with Crippen molar-refractivity contribution in [2.45, 2.75) is 6.42 Å². The largest absolute Gasteiger partial charge is 0.324 e. The normalized spacial score (nSPS) is 28.2. The molecule has 1 aliphatic carbocycles. The molecule has 0 aromatic heterocycles. The number of rotatable bonds is 1. The molecule has 2 aliphatic rings. The van der Waals surface area contributed by atoms with Crippen LogP contribution in [0.5, 0.6) is 0 Å². The van der Waals surface area contributed by atoms with Crippen molar-refractivity contribution < 1.29 is 4.79 Å². The molecule has 0 spiro atoms. The summed E-state index contributed by atoms with van der Waals surface area (Å²) in [6, 6.07) is 0. The minimum Gasteiger partial charge on any atom is -0.324 e. The molecule has 0 saturated carbocycles. The highest BCUT2D eigenvalue weighted by Crippen LogP contribution is 2.23. The molecule has 1 fully saturated rings. The van der Waals surface area contributed by atoms with Crippen molar-refractivity contribution in [3.63, 3.8) is 0 Å². The molecule has 0 aromatic rings. The average Bonchev–Trinajstić information content (AvgIpc) is 2.50. The maximum Gasteiger partial charge on any atom is 0.235 e. The van der Waals surface area contributed by atoms with Crippen LogP contribution in [0, 0.1) is 5.92 Å². The first kappa shape index (κ1) is 6.61. The van der Waals surface area contributed by atoms with Gasteiger partial charge in [-0.25, -0.2) is 5.43 Å². The van der Waals surface area contributed by atoms with Gasteiger partial charge in [-0.3, -0.25) is 4.79 Å². The van der Waals surface area contributed by atoms with Gasteiger partial charge >= 0.3 is 0 Å². The summed E-state index contributed by atoms with van der Waals surface area (Å²) in [5.41, 5.74) is 7.64. The summed E-state index contributed by atoms with van der Waals surface area (Å²) >= 11 is 0. The molecular weight excluding hydrogens is 140 g/mol. The summed E-state index contributed by atoms with van der Waals surface area (Å²) in [4.78, 5) is 10.4. The highest BCUT2D eigenvalue weighted by molar-refractivity contribution is 5.80. The summed E-state index contributed by atoms with van der Waals surface area (Å²) in [6.45, 7) is 0.908. The lowest BCUT2D eigenvalue weighted by Crippen LogP contribution is -2.21. The summed E-state index contributed by atoms with van der Waals surface area (Å²) in [6.07, 6.45) is 6.77. The Hall–Kier alpha value is -1.09. The van der Waals surface area contributed by atoms with Crippen molar-refractivity contribution in [1.82, 2.24) is 10.9 Å². The minimum absolute atomic E-state index is 0.455. The molecule has 1 radical (unpaired) electrons. The smallest absolute Gasteiger partial charge is 0.235 e. The van der Waals surface area contributed by atoms with E-state index in [1.165, 1.54) is 0 Å². The molecule has 0 bridgehead atoms. The van der Waals surface area contributed by atoms with Crippen LogP contribution < -0.4 is 10.9 Å². The van der Waals surface area contributed by atoms with Crippen LogP contribution >= 0.6 is 0 Å². The van der Waals surface area contributed by atoms with Gasteiger partial charge in [-0.1, -0.05) is 12.2 Å². The van der Waals surface area contributed by atoms with E-state index in [0.29, 0.717) is 11.5 Å². The topological polar surface area (TPSA) is 41.1 Å². The zero-order valence-electron chi connectivity index (χ0n) is 6.05. The number of nitrogens with one attached hydrogen (secondary N) is 2. The molecule has 1 saturated heterocycles. The number of fused-ring (bicyclic) bond motifs is 1. The SMILES string of the molecule is O=[C]C1=C2NNCC2CC=C1. The third kappa shape index (κ3) is 0.973. The van der Waals surface area contributed by atoms with Gasteiger partial charge in [-0.2, -0.15) is 0 Å². The van der Waals surface area contributed by atoms with E-state index in [9.17, 15) is 4.79 Å². The summed E-state index contributed by atoms with van der Waals surface area (Å²) in [5.74, 6) is 0.455. The van der Waals surface area contributed by atoms with Crippen LogP contribution in [0.1, 0.15) is 6.42 Å². The van der Waals surface area contributed by atoms with Crippen molar-refractivity contribution in [3.8, 4) is 0 Å². The van der Waals surface area contributed by atoms with Gasteiger partial charge in [0.15, 0.2) is 0 Å². The van der Waals surface area contributed by atoms with E-state index < -0.39 is 0 Å². The molecule has 57 valence electrons. The fourth-order valence-electron chi connectivity index (χ4n) is 1.49. The van der Waals surface area contributed by atoms with Crippen LogP contribution in [-0.2, 0) is 4.79 Å². The molecule has 3 heteroatoms. The van der Waals surface area contributed by atoms with Crippen molar-refractivity contribution >= 4 is 6.29 Å². The Bertz CT molecular complexity index is 242. The van der Waals surface area contributed by atoms with Gasteiger partial charge in [0.2, 0.25) is 6.29 Å². The van der Waals surface area contributed by atoms with Crippen LogP contribution in [0.15, 0.2) is 23.4 Å². The van der Waals surface area contributed by atoms with E-state index in [1.54, 1.807) is 0 Å². The fourth-order valence-corrected chi connectivity index (χ4v) is 1.49. The van der Waals surface area contributed by atoms with Crippen LogP contribution in [0.4, 0.5) is 0 Å². The van der Waals surface area contributed by atoms with Crippen LogP contribution in [0.25, 0.3) is 0 Å². The highest BCUT2D eigenvalue weighted by Gasteiger charge is 2.24. The highest BCUT2D eigenvalue weighted by atomic mass is 16.1. The lowest BCUT2D eigenvalue weighted by molar-refractivity contribution is 0.560. The lowest BCUT2D eigenvalue weighted by Gasteiger charge is -2.12. The van der Waals surface area contributed by atoms with E-state index in [2.05, 4.69) is 10.9 Å². The zero-order valence-corrected chi connectivity index (χ0v) is 6.05. The Morgan fingerprint density at radius 3 is 3.36 bits per heavy atom. The van der Waals surface area contributed by atoms with E-state index in [4.69, 9.17) is 0 Å². The molecule has 3 nitrogen and oxygen atoms in total. The molecule has 0 amide bonds. The molecule has 1 aliphatic heterocycles. The van der Waals surface area contributed by atoms with E-state index in [0.717, 1.165) is 18.7 Å². The van der Waals surface area contributed by atoms with Crippen LogP contribution in [0.2, 0.25) is 0 Å². The van der Waals surface area contributed by atoms with Gasteiger partial charge in [-0.05, 0) is 6.42 Å². The number of allylic oxidation sites excluding steroid dienone is 3. The predicted molar refractivity (Wildman–Crippen MR) is 41.1 cm³/mol. The number of hydrazine groups is 1. The van der Waals surface area contributed by atoms with Crippen LogP contribution in [-0.4, -0.2) is 12.8 Å². The molecule has 1 unspecified atom stereocenters. The van der Waals surface area contributed by atoms with Gasteiger partial charge in [0.05, 0.1) is 0 Å². The van der Waals surface area contributed by atoms with Crippen molar-refractivity contribution in [2.75, 3.05) is 6.54 Å². The van der Waals surface area contributed by atoms with Crippen molar-refractivity contribution in [3.05, 3.63) is 23.4 Å². The van der Waals surface area contributed by atoms with Gasteiger partial charge in [0.1, 0.15) is 0 Å². The molecule has 1 heterocycles. The fraction of sp³-hybridized carbons (Fsp3) is 0.375. The second kappa shape index (κ2) is 2.51. The Kier molecular flexibility index (Phi) is 1.51. The lowest BCUT2D eigenvalue weighted by atomic mass is 9.94. The average molecular weight is 149 g/mol. The second-order valence-electron chi connectivity index (χ2n) is 2.77. The standard InChI is InChI=1S/C8H9N2O/c11-5-7-3-1-2-6-4-9-10-8(6)7/h1,3,6,9-10H,2,4H2. The molecule has 2 rings (SSSR count). The first-order valence-corrected chi connectivity index (χ1v) is 3.69. The van der Waals surface area contributed by atoms with E-state index >= 15 is 0 Å². The Balaban J connectivity index is 2.36. The predicted octanol–water partition coefficient (Wildman–Crippen LogP) is 0.0341. The van der Waals surface area contributed by atoms with Gasteiger partial charge in [0.25, 0.3) is 0 Å². The number of carbonyl (C=O) groups excluding carboxylic acids is 1. The Morgan fingerprint density at radius 2 is 2.55 bits per heavy atom. The maximum absolute atomic E-state index is 10.4. The van der Waals surface area contributed by atoms with Gasteiger partial charge in [-0.15, -0.1) is 0 Å². The zero-order chi connectivity index (χ0) is 7.68. The third-order valence-electron chi connectivity index (χ3n) is 2.09. The number of hydrogen-bond donors (Lipinski definition) is 2. The monoisotopic (exact) mass is 149 g/mol. The first-order chi connectivity index (χ1) is 5.42. The minimum atomic E-state index is 0.455.